The average molecular weight is 452 g/mol. The summed E-state index contributed by atoms with van der Waals surface area (Å²) in [6, 6.07) is 14.3. The van der Waals surface area contributed by atoms with E-state index in [1.165, 1.54) is 12.1 Å². The molecule has 2 aromatic carbocycles. The van der Waals surface area contributed by atoms with Crippen LogP contribution in [0.2, 0.25) is 0 Å². The van der Waals surface area contributed by atoms with E-state index in [1.807, 2.05) is 31.2 Å². The summed E-state index contributed by atoms with van der Waals surface area (Å²) in [5, 5.41) is 5.16. The Kier molecular flexibility index (Phi) is 4.87. The van der Waals surface area contributed by atoms with Crippen LogP contribution in [0.1, 0.15) is 29.5 Å². The molecule has 2 aliphatic rings. The van der Waals surface area contributed by atoms with Crippen molar-refractivity contribution in [1.82, 2.24) is 4.98 Å². The predicted molar refractivity (Wildman–Crippen MR) is 119 cm³/mol. The van der Waals surface area contributed by atoms with Gasteiger partial charge >= 0.3 is 0 Å². The standard InChI is InChI=1S/C24H22FN3O3S/c1-14-18-6-5-15(21-4-2-3-8-27-21)10-17(18)11-19(14)24(29)28-9-7-16-12-20(25)23(13-22(16)28)32(26,30)31/h2-6,8,10,12-14,19H,7,9,11H2,1H3,(H2,26,30,31)/t14-,19-/m1/s1. The van der Waals surface area contributed by atoms with Gasteiger partial charge in [-0.2, -0.15) is 0 Å². The molecule has 2 heterocycles. The van der Waals surface area contributed by atoms with Crippen LogP contribution in [0.3, 0.4) is 0 Å². The first-order chi connectivity index (χ1) is 15.2. The van der Waals surface area contributed by atoms with Gasteiger partial charge in [-0.25, -0.2) is 17.9 Å². The van der Waals surface area contributed by atoms with E-state index >= 15 is 0 Å². The number of nitrogens with zero attached hydrogens (tertiary/aromatic N) is 2. The summed E-state index contributed by atoms with van der Waals surface area (Å²) < 4.78 is 37.8. The highest BCUT2D eigenvalue weighted by molar-refractivity contribution is 7.89. The van der Waals surface area contributed by atoms with Crippen molar-refractivity contribution in [1.29, 1.82) is 0 Å². The Morgan fingerprint density at radius 2 is 1.97 bits per heavy atom. The molecule has 2 N–H and O–H groups in total. The number of pyridine rings is 1. The molecule has 0 spiro atoms. The van der Waals surface area contributed by atoms with Crippen molar-refractivity contribution in [3.8, 4) is 11.3 Å². The van der Waals surface area contributed by atoms with Gasteiger partial charge in [0.05, 0.1) is 5.69 Å². The number of hydrogen-bond acceptors (Lipinski definition) is 4. The van der Waals surface area contributed by atoms with Crippen LogP contribution in [0.5, 0.6) is 0 Å². The van der Waals surface area contributed by atoms with E-state index in [9.17, 15) is 17.6 Å². The van der Waals surface area contributed by atoms with Crippen LogP contribution in [0, 0.1) is 11.7 Å². The first-order valence-corrected chi connectivity index (χ1v) is 12.0. The number of carbonyl (C=O) groups excluding carboxylic acids is 1. The minimum Gasteiger partial charge on any atom is -0.312 e. The van der Waals surface area contributed by atoms with Crippen molar-refractivity contribution in [3.05, 3.63) is 77.2 Å². The fraction of sp³-hybridized carbons (Fsp3) is 0.250. The average Bonchev–Trinajstić information content (AvgIpc) is 3.33. The van der Waals surface area contributed by atoms with Gasteiger partial charge in [-0.15, -0.1) is 0 Å². The van der Waals surface area contributed by atoms with Crippen molar-refractivity contribution in [2.75, 3.05) is 11.4 Å². The molecular formula is C24H22FN3O3S. The molecule has 0 fully saturated rings. The maximum absolute atomic E-state index is 14.2. The number of aromatic nitrogens is 1. The summed E-state index contributed by atoms with van der Waals surface area (Å²) >= 11 is 0. The Morgan fingerprint density at radius 1 is 1.16 bits per heavy atom. The lowest BCUT2D eigenvalue weighted by atomic mass is 9.93. The summed E-state index contributed by atoms with van der Waals surface area (Å²) in [6.45, 7) is 2.42. The largest absolute Gasteiger partial charge is 0.312 e. The second-order valence-electron chi connectivity index (χ2n) is 8.42. The van der Waals surface area contributed by atoms with E-state index < -0.39 is 20.7 Å². The molecule has 6 nitrogen and oxygen atoms in total. The highest BCUT2D eigenvalue weighted by Gasteiger charge is 2.39. The van der Waals surface area contributed by atoms with E-state index in [2.05, 4.69) is 17.1 Å². The normalized spacial score (nSPS) is 19.7. The van der Waals surface area contributed by atoms with Crippen molar-refractivity contribution in [3.63, 3.8) is 0 Å². The van der Waals surface area contributed by atoms with E-state index in [0.717, 1.165) is 22.4 Å². The van der Waals surface area contributed by atoms with Crippen molar-refractivity contribution in [2.24, 2.45) is 11.1 Å². The molecular weight excluding hydrogens is 429 g/mol. The Balaban J connectivity index is 1.45. The third-order valence-corrected chi connectivity index (χ3v) is 7.48. The molecule has 1 amide bonds. The number of hydrogen-bond donors (Lipinski definition) is 1. The number of nitrogens with two attached hydrogens (primary N) is 1. The molecule has 0 radical (unpaired) electrons. The van der Waals surface area contributed by atoms with Crippen LogP contribution in [-0.4, -0.2) is 25.9 Å². The summed E-state index contributed by atoms with van der Waals surface area (Å²) in [4.78, 5) is 18.9. The summed E-state index contributed by atoms with van der Waals surface area (Å²) in [5.41, 5.74) is 5.17. The van der Waals surface area contributed by atoms with Crippen LogP contribution in [0.15, 0.2) is 59.6 Å². The number of amides is 1. The summed E-state index contributed by atoms with van der Waals surface area (Å²) in [6.07, 6.45) is 2.81. The molecule has 0 unspecified atom stereocenters. The summed E-state index contributed by atoms with van der Waals surface area (Å²) in [5.74, 6) is -1.24. The molecule has 1 aromatic heterocycles. The molecule has 8 heteroatoms. The first kappa shape index (κ1) is 20.8. The van der Waals surface area contributed by atoms with Gasteiger partial charge in [0.25, 0.3) is 0 Å². The molecule has 1 aliphatic heterocycles. The van der Waals surface area contributed by atoms with Crippen molar-refractivity contribution < 1.29 is 17.6 Å². The van der Waals surface area contributed by atoms with E-state index in [4.69, 9.17) is 5.14 Å². The molecule has 32 heavy (non-hydrogen) atoms. The van der Waals surface area contributed by atoms with Gasteiger partial charge in [-0.1, -0.05) is 25.1 Å². The molecule has 3 aromatic rings. The van der Waals surface area contributed by atoms with E-state index in [1.54, 1.807) is 11.1 Å². The third-order valence-electron chi connectivity index (χ3n) is 6.56. The SMILES string of the molecule is C[C@@H]1c2ccc(-c3ccccn3)cc2C[C@H]1C(=O)N1CCc2cc(F)c(S(N)(=O)=O)cc21. The van der Waals surface area contributed by atoms with Gasteiger partial charge < -0.3 is 4.90 Å². The number of sulfonamides is 1. The quantitative estimate of drug-likeness (QED) is 0.661. The highest BCUT2D eigenvalue weighted by atomic mass is 32.2. The molecule has 0 saturated heterocycles. The monoisotopic (exact) mass is 451 g/mol. The number of carbonyl (C=O) groups is 1. The minimum atomic E-state index is -4.23. The second-order valence-corrected chi connectivity index (χ2v) is 9.95. The van der Waals surface area contributed by atoms with E-state index in [0.29, 0.717) is 30.6 Å². The predicted octanol–water partition coefficient (Wildman–Crippen LogP) is 3.40. The van der Waals surface area contributed by atoms with Crippen LogP contribution >= 0.6 is 0 Å². The third kappa shape index (κ3) is 3.40. The lowest BCUT2D eigenvalue weighted by Crippen LogP contribution is -2.36. The fourth-order valence-electron chi connectivity index (χ4n) is 4.89. The molecule has 5 rings (SSSR count). The Bertz CT molecular complexity index is 1340. The number of anilines is 1. The van der Waals surface area contributed by atoms with Gasteiger partial charge in [0.1, 0.15) is 10.7 Å². The zero-order valence-corrected chi connectivity index (χ0v) is 18.3. The lowest BCUT2D eigenvalue weighted by Gasteiger charge is -2.24. The van der Waals surface area contributed by atoms with Gasteiger partial charge in [-0.05, 0) is 65.8 Å². The summed E-state index contributed by atoms with van der Waals surface area (Å²) in [7, 11) is -4.23. The van der Waals surface area contributed by atoms with Gasteiger partial charge in [-0.3, -0.25) is 9.78 Å². The van der Waals surface area contributed by atoms with Crippen LogP contribution in [0.4, 0.5) is 10.1 Å². The van der Waals surface area contributed by atoms with Crippen molar-refractivity contribution >= 4 is 21.6 Å². The molecule has 1 aliphatic carbocycles. The van der Waals surface area contributed by atoms with Crippen LogP contribution in [0.25, 0.3) is 11.3 Å². The fourth-order valence-corrected chi connectivity index (χ4v) is 5.49. The first-order valence-electron chi connectivity index (χ1n) is 10.4. The number of fused-ring (bicyclic) bond motifs is 2. The Hall–Kier alpha value is -3.10. The number of primary sulfonamides is 1. The highest BCUT2D eigenvalue weighted by Crippen LogP contribution is 2.42. The second kappa shape index (κ2) is 7.50. The van der Waals surface area contributed by atoms with Crippen LogP contribution in [-0.2, 0) is 27.7 Å². The lowest BCUT2D eigenvalue weighted by molar-refractivity contribution is -0.122. The maximum Gasteiger partial charge on any atom is 0.241 e. The maximum atomic E-state index is 14.2. The van der Waals surface area contributed by atoms with E-state index in [-0.39, 0.29) is 17.7 Å². The van der Waals surface area contributed by atoms with Gasteiger partial charge in [0.15, 0.2) is 0 Å². The van der Waals surface area contributed by atoms with Gasteiger partial charge in [0.2, 0.25) is 15.9 Å². The molecule has 0 bridgehead atoms. The molecule has 164 valence electrons. The number of halogens is 1. The molecule has 0 saturated carbocycles. The Morgan fingerprint density at radius 3 is 2.69 bits per heavy atom. The Labute approximate surface area is 185 Å². The smallest absolute Gasteiger partial charge is 0.241 e. The molecule has 2 atom stereocenters. The zero-order valence-electron chi connectivity index (χ0n) is 17.5. The minimum absolute atomic E-state index is 0.0116. The van der Waals surface area contributed by atoms with Gasteiger partial charge in [0, 0.05) is 29.9 Å². The topological polar surface area (TPSA) is 93.4 Å². The number of rotatable bonds is 3. The number of benzene rings is 2. The zero-order chi connectivity index (χ0) is 22.6. The van der Waals surface area contributed by atoms with Crippen molar-refractivity contribution in [2.45, 2.75) is 30.6 Å². The van der Waals surface area contributed by atoms with Crippen LogP contribution < -0.4 is 10.0 Å².